The van der Waals surface area contributed by atoms with Gasteiger partial charge in [0.15, 0.2) is 0 Å². The number of benzene rings is 2. The highest BCUT2D eigenvalue weighted by Gasteiger charge is 2.30. The van der Waals surface area contributed by atoms with E-state index in [1.165, 1.54) is 12.1 Å². The molecule has 28 heavy (non-hydrogen) atoms. The van der Waals surface area contributed by atoms with Crippen LogP contribution in [0.2, 0.25) is 0 Å². The van der Waals surface area contributed by atoms with Crippen LogP contribution in [0.15, 0.2) is 52.9 Å². The number of para-hydroxylation sites is 1. The number of nitrogens with zero attached hydrogens (tertiary/aromatic N) is 2. The number of rotatable bonds is 6. The number of ether oxygens (including phenoxy) is 1. The maximum atomic E-state index is 12.7. The maximum absolute atomic E-state index is 12.7. The molecule has 9 heteroatoms. The van der Waals surface area contributed by atoms with Crippen molar-refractivity contribution in [1.29, 1.82) is 0 Å². The van der Waals surface area contributed by atoms with Gasteiger partial charge in [0.25, 0.3) is 0 Å². The lowest BCUT2D eigenvalue weighted by Crippen LogP contribution is -2.07. The van der Waals surface area contributed by atoms with Crippen LogP contribution < -0.4 is 5.32 Å². The van der Waals surface area contributed by atoms with Crippen LogP contribution in [-0.2, 0) is 22.1 Å². The Kier molecular flexibility index (Phi) is 5.62. The molecule has 1 heterocycles. The molecular weight excluding hydrogens is 375 g/mol. The smallest absolute Gasteiger partial charge is 0.416 e. The van der Waals surface area contributed by atoms with Crippen molar-refractivity contribution >= 4 is 17.3 Å². The van der Waals surface area contributed by atoms with Gasteiger partial charge in [0.2, 0.25) is 11.8 Å². The molecule has 6 nitrogen and oxygen atoms in total. The Hall–Kier alpha value is -3.36. The topological polar surface area (TPSA) is 77.2 Å². The molecule has 0 radical (unpaired) electrons. The highest BCUT2D eigenvalue weighted by Crippen LogP contribution is 2.32. The molecule has 0 amide bonds. The number of carbonyl (C=O) groups is 1. The number of hydrogen-bond donors (Lipinski definition) is 1. The van der Waals surface area contributed by atoms with Crippen LogP contribution in [0.5, 0.6) is 0 Å². The SMILES string of the molecule is CCOC(=O)Cc1nnc(-c2ccccc2Nc2ccc(C(F)(F)F)cc2)o1. The molecule has 0 spiro atoms. The Labute approximate surface area is 158 Å². The minimum Gasteiger partial charge on any atom is -0.466 e. The van der Waals surface area contributed by atoms with E-state index < -0.39 is 17.7 Å². The summed E-state index contributed by atoms with van der Waals surface area (Å²) in [4.78, 5) is 11.5. The molecule has 1 N–H and O–H groups in total. The maximum Gasteiger partial charge on any atom is 0.416 e. The second-order valence-electron chi connectivity index (χ2n) is 5.73. The second kappa shape index (κ2) is 8.12. The largest absolute Gasteiger partial charge is 0.466 e. The molecule has 0 aliphatic carbocycles. The van der Waals surface area contributed by atoms with E-state index in [-0.39, 0.29) is 24.8 Å². The van der Waals surface area contributed by atoms with E-state index >= 15 is 0 Å². The zero-order valence-corrected chi connectivity index (χ0v) is 14.8. The van der Waals surface area contributed by atoms with E-state index in [4.69, 9.17) is 9.15 Å². The Balaban J connectivity index is 1.80. The van der Waals surface area contributed by atoms with Crippen LogP contribution in [0.1, 0.15) is 18.4 Å². The van der Waals surface area contributed by atoms with Gasteiger partial charge in [0, 0.05) is 5.69 Å². The molecule has 3 rings (SSSR count). The number of hydrogen-bond acceptors (Lipinski definition) is 6. The summed E-state index contributed by atoms with van der Waals surface area (Å²) in [6.07, 6.45) is -4.54. The predicted octanol–water partition coefficient (Wildman–Crippen LogP) is 4.60. The lowest BCUT2D eigenvalue weighted by Gasteiger charge is -2.11. The van der Waals surface area contributed by atoms with Gasteiger partial charge >= 0.3 is 12.1 Å². The molecule has 0 bridgehead atoms. The van der Waals surface area contributed by atoms with E-state index in [0.29, 0.717) is 16.9 Å². The quantitative estimate of drug-likeness (QED) is 0.619. The number of aromatic nitrogens is 2. The summed E-state index contributed by atoms with van der Waals surface area (Å²) in [5, 5.41) is 10.8. The summed E-state index contributed by atoms with van der Waals surface area (Å²) >= 11 is 0. The van der Waals surface area contributed by atoms with Gasteiger partial charge in [-0.1, -0.05) is 12.1 Å². The number of halogens is 3. The highest BCUT2D eigenvalue weighted by atomic mass is 19.4. The molecule has 0 saturated carbocycles. The van der Waals surface area contributed by atoms with Gasteiger partial charge in [-0.3, -0.25) is 4.79 Å². The third-order valence-electron chi connectivity index (χ3n) is 3.72. The van der Waals surface area contributed by atoms with Crippen molar-refractivity contribution in [3.8, 4) is 11.5 Å². The van der Waals surface area contributed by atoms with Crippen molar-refractivity contribution in [2.45, 2.75) is 19.5 Å². The third-order valence-corrected chi connectivity index (χ3v) is 3.72. The Morgan fingerprint density at radius 3 is 2.50 bits per heavy atom. The van der Waals surface area contributed by atoms with Gasteiger partial charge in [-0.25, -0.2) is 0 Å². The molecule has 0 unspecified atom stereocenters. The fourth-order valence-electron chi connectivity index (χ4n) is 2.45. The van der Waals surface area contributed by atoms with Gasteiger partial charge in [-0.05, 0) is 43.3 Å². The first-order chi connectivity index (χ1) is 13.4. The number of carbonyl (C=O) groups excluding carboxylic acids is 1. The second-order valence-corrected chi connectivity index (χ2v) is 5.73. The average Bonchev–Trinajstić information content (AvgIpc) is 3.10. The first kappa shape index (κ1) is 19.4. The van der Waals surface area contributed by atoms with E-state index in [0.717, 1.165) is 12.1 Å². The lowest BCUT2D eigenvalue weighted by atomic mass is 10.1. The zero-order valence-electron chi connectivity index (χ0n) is 14.8. The van der Waals surface area contributed by atoms with Gasteiger partial charge in [-0.15, -0.1) is 10.2 Å². The number of esters is 1. The van der Waals surface area contributed by atoms with E-state index in [2.05, 4.69) is 15.5 Å². The molecule has 1 aromatic heterocycles. The van der Waals surface area contributed by atoms with Crippen molar-refractivity contribution < 1.29 is 27.1 Å². The summed E-state index contributed by atoms with van der Waals surface area (Å²) < 4.78 is 48.4. The first-order valence-corrected chi connectivity index (χ1v) is 8.38. The molecule has 0 atom stereocenters. The Bertz CT molecular complexity index is 953. The summed E-state index contributed by atoms with van der Waals surface area (Å²) in [5.41, 5.74) is 0.845. The van der Waals surface area contributed by atoms with Crippen molar-refractivity contribution in [3.63, 3.8) is 0 Å². The number of nitrogens with one attached hydrogen (secondary N) is 1. The Morgan fingerprint density at radius 2 is 1.82 bits per heavy atom. The Morgan fingerprint density at radius 1 is 1.11 bits per heavy atom. The third kappa shape index (κ3) is 4.67. The van der Waals surface area contributed by atoms with Crippen LogP contribution >= 0.6 is 0 Å². The average molecular weight is 391 g/mol. The summed E-state index contributed by atoms with van der Waals surface area (Å²) in [5.74, 6) is -0.194. The molecule has 146 valence electrons. The van der Waals surface area contributed by atoms with E-state index in [1.807, 2.05) is 0 Å². The van der Waals surface area contributed by atoms with E-state index in [1.54, 1.807) is 31.2 Å². The van der Waals surface area contributed by atoms with Crippen LogP contribution in [0.25, 0.3) is 11.5 Å². The number of alkyl halides is 3. The summed E-state index contributed by atoms with van der Waals surface area (Å²) in [6.45, 7) is 1.94. The standard InChI is InChI=1S/C19H16F3N3O3/c1-2-27-17(26)11-16-24-25-18(28-16)14-5-3-4-6-15(14)23-13-9-7-12(8-10-13)19(20,21)22/h3-10,23H,2,11H2,1H3. The molecule has 0 aliphatic heterocycles. The molecule has 2 aromatic carbocycles. The minimum absolute atomic E-state index is 0.109. The predicted molar refractivity (Wildman–Crippen MR) is 94.8 cm³/mol. The van der Waals surface area contributed by atoms with Crippen molar-refractivity contribution in [3.05, 3.63) is 60.0 Å². The lowest BCUT2D eigenvalue weighted by molar-refractivity contribution is -0.142. The van der Waals surface area contributed by atoms with Crippen molar-refractivity contribution in [2.24, 2.45) is 0 Å². The first-order valence-electron chi connectivity index (χ1n) is 8.38. The minimum atomic E-state index is -4.39. The molecule has 3 aromatic rings. The van der Waals surface area contributed by atoms with Gasteiger partial charge in [-0.2, -0.15) is 13.2 Å². The fourth-order valence-corrected chi connectivity index (χ4v) is 2.45. The van der Waals surface area contributed by atoms with Gasteiger partial charge in [0.1, 0.15) is 6.42 Å². The van der Waals surface area contributed by atoms with Crippen LogP contribution in [0.3, 0.4) is 0 Å². The molecule has 0 fully saturated rings. The normalized spacial score (nSPS) is 11.3. The highest BCUT2D eigenvalue weighted by molar-refractivity contribution is 5.77. The molecule has 0 aliphatic rings. The zero-order chi connectivity index (χ0) is 20.1. The summed E-state index contributed by atoms with van der Waals surface area (Å²) in [7, 11) is 0. The molecule has 0 saturated heterocycles. The van der Waals surface area contributed by atoms with Crippen molar-refractivity contribution in [1.82, 2.24) is 10.2 Å². The van der Waals surface area contributed by atoms with Crippen LogP contribution in [-0.4, -0.2) is 22.8 Å². The molecular formula is C19H16F3N3O3. The summed E-state index contributed by atoms with van der Waals surface area (Å²) in [6, 6.07) is 11.6. The van der Waals surface area contributed by atoms with Gasteiger partial charge < -0.3 is 14.5 Å². The van der Waals surface area contributed by atoms with E-state index in [9.17, 15) is 18.0 Å². The van der Waals surface area contributed by atoms with Gasteiger partial charge in [0.05, 0.1) is 23.4 Å². The monoisotopic (exact) mass is 391 g/mol. The number of anilines is 2. The fraction of sp³-hybridized carbons (Fsp3) is 0.211. The van der Waals surface area contributed by atoms with Crippen LogP contribution in [0, 0.1) is 0 Å². The van der Waals surface area contributed by atoms with Crippen LogP contribution in [0.4, 0.5) is 24.5 Å². The van der Waals surface area contributed by atoms with Crippen molar-refractivity contribution in [2.75, 3.05) is 11.9 Å².